The van der Waals surface area contributed by atoms with Gasteiger partial charge >= 0.3 is 0 Å². The molecule has 2 rings (SSSR count). The monoisotopic (exact) mass is 394 g/mol. The average molecular weight is 395 g/mol. The largest absolute Gasteiger partial charge is 0.346 e. The van der Waals surface area contributed by atoms with E-state index in [-0.39, 0.29) is 11.4 Å². The highest BCUT2D eigenvalue weighted by atomic mass is 35.5. The molecule has 0 heterocycles. The second-order valence-electron chi connectivity index (χ2n) is 5.80. The molecule has 0 aromatic heterocycles. The van der Waals surface area contributed by atoms with Crippen LogP contribution in [0.5, 0.6) is 0 Å². The Morgan fingerprint density at radius 2 is 1.54 bits per heavy atom. The summed E-state index contributed by atoms with van der Waals surface area (Å²) in [6, 6.07) is 11.1. The van der Waals surface area contributed by atoms with Gasteiger partial charge in [-0.3, -0.25) is 9.59 Å². The second-order valence-corrected chi connectivity index (χ2v) is 8.23. The van der Waals surface area contributed by atoms with Crippen LogP contribution in [0.2, 0.25) is 5.02 Å². The molecule has 138 valence electrons. The molecule has 2 aromatic carbocycles. The summed E-state index contributed by atoms with van der Waals surface area (Å²) in [7, 11) is -3.80. The summed E-state index contributed by atoms with van der Waals surface area (Å²) >= 11 is 5.72. The number of halogens is 1. The minimum absolute atomic E-state index is 0.00274. The topological polar surface area (TPSA) is 92.3 Å². The minimum atomic E-state index is -3.80. The summed E-state index contributed by atoms with van der Waals surface area (Å²) in [4.78, 5) is 23.9. The summed E-state index contributed by atoms with van der Waals surface area (Å²) in [5.74, 6) is -1.93. The fourth-order valence-corrected chi connectivity index (χ4v) is 3.61. The fourth-order valence-electron chi connectivity index (χ4n) is 2.32. The van der Waals surface area contributed by atoms with Crippen molar-refractivity contribution < 1.29 is 18.0 Å². The van der Waals surface area contributed by atoms with Crippen molar-refractivity contribution in [3.05, 3.63) is 58.6 Å². The van der Waals surface area contributed by atoms with Gasteiger partial charge in [0.15, 0.2) is 9.84 Å². The highest BCUT2D eigenvalue weighted by Gasteiger charge is 2.19. The van der Waals surface area contributed by atoms with Gasteiger partial charge in [0.1, 0.15) is 5.75 Å². The molecule has 0 aliphatic heterocycles. The zero-order valence-corrected chi connectivity index (χ0v) is 15.9. The van der Waals surface area contributed by atoms with Crippen molar-refractivity contribution in [2.75, 3.05) is 17.6 Å². The van der Waals surface area contributed by atoms with E-state index in [0.717, 1.165) is 11.1 Å². The maximum Gasteiger partial charge on any atom is 0.243 e. The minimum Gasteiger partial charge on any atom is -0.346 e. The van der Waals surface area contributed by atoms with E-state index in [1.165, 1.54) is 24.3 Å². The van der Waals surface area contributed by atoms with E-state index in [9.17, 15) is 18.0 Å². The number of benzene rings is 2. The van der Waals surface area contributed by atoms with Gasteiger partial charge in [-0.1, -0.05) is 29.8 Å². The first-order valence-electron chi connectivity index (χ1n) is 7.80. The maximum atomic E-state index is 12.2. The standard InChI is InChI=1S/C18H19ClN2O4S/c1-12-4-3-5-13(2)18(12)21-16(22)10-20-17(23)11-26(24,25)15-8-6-14(19)7-9-15/h3-9H,10-11H2,1-2H3,(H,20,23)(H,21,22). The van der Waals surface area contributed by atoms with Gasteiger partial charge < -0.3 is 10.6 Å². The molecule has 2 N–H and O–H groups in total. The van der Waals surface area contributed by atoms with Crippen molar-refractivity contribution in [2.24, 2.45) is 0 Å². The predicted octanol–water partition coefficient (Wildman–Crippen LogP) is 2.49. The zero-order valence-electron chi connectivity index (χ0n) is 14.4. The molecule has 0 radical (unpaired) electrons. The van der Waals surface area contributed by atoms with Gasteiger partial charge in [0.2, 0.25) is 11.8 Å². The number of sulfone groups is 1. The first kappa shape index (κ1) is 19.9. The first-order valence-corrected chi connectivity index (χ1v) is 9.83. The van der Waals surface area contributed by atoms with E-state index in [0.29, 0.717) is 10.7 Å². The van der Waals surface area contributed by atoms with Crippen LogP contribution in [0.3, 0.4) is 0 Å². The van der Waals surface area contributed by atoms with Gasteiger partial charge in [0.25, 0.3) is 0 Å². The Morgan fingerprint density at radius 3 is 2.12 bits per heavy atom. The predicted molar refractivity (Wildman–Crippen MR) is 101 cm³/mol. The van der Waals surface area contributed by atoms with Gasteiger partial charge in [0.05, 0.1) is 11.4 Å². The number of carbonyl (C=O) groups is 2. The second kappa shape index (κ2) is 8.33. The zero-order chi connectivity index (χ0) is 19.3. The van der Waals surface area contributed by atoms with Crippen LogP contribution in [0.4, 0.5) is 5.69 Å². The molecule has 2 amide bonds. The van der Waals surface area contributed by atoms with Crippen molar-refractivity contribution in [1.29, 1.82) is 0 Å². The van der Waals surface area contributed by atoms with E-state index in [4.69, 9.17) is 11.6 Å². The van der Waals surface area contributed by atoms with Crippen LogP contribution in [0.15, 0.2) is 47.4 Å². The van der Waals surface area contributed by atoms with Crippen molar-refractivity contribution in [1.82, 2.24) is 5.32 Å². The quantitative estimate of drug-likeness (QED) is 0.787. The third-order valence-corrected chi connectivity index (χ3v) is 5.57. The third kappa shape index (κ3) is 5.31. The normalized spacial score (nSPS) is 11.0. The van der Waals surface area contributed by atoms with E-state index >= 15 is 0 Å². The highest BCUT2D eigenvalue weighted by Crippen LogP contribution is 2.19. The lowest BCUT2D eigenvalue weighted by molar-refractivity contribution is -0.122. The van der Waals surface area contributed by atoms with Crippen LogP contribution in [-0.4, -0.2) is 32.5 Å². The van der Waals surface area contributed by atoms with Gasteiger partial charge in [-0.15, -0.1) is 0 Å². The highest BCUT2D eigenvalue weighted by molar-refractivity contribution is 7.92. The molecular weight excluding hydrogens is 376 g/mol. The lowest BCUT2D eigenvalue weighted by Gasteiger charge is -2.12. The number of anilines is 1. The molecular formula is C18H19ClN2O4S. The molecule has 2 aromatic rings. The molecule has 0 fully saturated rings. The average Bonchev–Trinajstić information content (AvgIpc) is 2.56. The van der Waals surface area contributed by atoms with Crippen LogP contribution < -0.4 is 10.6 Å². The van der Waals surface area contributed by atoms with Crippen LogP contribution in [-0.2, 0) is 19.4 Å². The molecule has 0 atom stereocenters. The van der Waals surface area contributed by atoms with Crippen LogP contribution in [0.1, 0.15) is 11.1 Å². The molecule has 0 aliphatic carbocycles. The summed E-state index contributed by atoms with van der Waals surface area (Å²) in [6.07, 6.45) is 0. The van der Waals surface area contributed by atoms with Crippen LogP contribution in [0.25, 0.3) is 0 Å². The Kier molecular flexibility index (Phi) is 6.39. The van der Waals surface area contributed by atoms with E-state index in [2.05, 4.69) is 10.6 Å². The Balaban J connectivity index is 1.92. The van der Waals surface area contributed by atoms with E-state index < -0.39 is 27.4 Å². The molecule has 0 spiro atoms. The molecule has 0 unspecified atom stereocenters. The molecule has 0 saturated carbocycles. The lowest BCUT2D eigenvalue weighted by atomic mass is 10.1. The summed E-state index contributed by atoms with van der Waals surface area (Å²) in [5.41, 5.74) is 2.48. The third-order valence-electron chi connectivity index (χ3n) is 3.69. The molecule has 0 bridgehead atoms. The van der Waals surface area contributed by atoms with E-state index in [1.807, 2.05) is 32.0 Å². The number of nitrogens with one attached hydrogen (secondary N) is 2. The Hall–Kier alpha value is -2.38. The SMILES string of the molecule is Cc1cccc(C)c1NC(=O)CNC(=O)CS(=O)(=O)c1ccc(Cl)cc1. The summed E-state index contributed by atoms with van der Waals surface area (Å²) in [5, 5.41) is 5.44. The Morgan fingerprint density at radius 1 is 0.962 bits per heavy atom. The van der Waals surface area contributed by atoms with Crippen molar-refractivity contribution in [3.63, 3.8) is 0 Å². The van der Waals surface area contributed by atoms with Crippen LogP contribution in [0, 0.1) is 13.8 Å². The van der Waals surface area contributed by atoms with Crippen molar-refractivity contribution >= 4 is 38.9 Å². The van der Waals surface area contributed by atoms with Gasteiger partial charge in [-0.25, -0.2) is 8.42 Å². The number of carbonyl (C=O) groups excluding carboxylic acids is 2. The number of para-hydroxylation sites is 1. The molecule has 8 heteroatoms. The number of amides is 2. The number of rotatable bonds is 6. The molecule has 0 saturated heterocycles. The number of hydrogen-bond donors (Lipinski definition) is 2. The number of aryl methyl sites for hydroxylation is 2. The van der Waals surface area contributed by atoms with Crippen molar-refractivity contribution in [3.8, 4) is 0 Å². The van der Waals surface area contributed by atoms with Gasteiger partial charge in [0, 0.05) is 10.7 Å². The molecule has 6 nitrogen and oxygen atoms in total. The van der Waals surface area contributed by atoms with Gasteiger partial charge in [-0.05, 0) is 49.2 Å². The lowest BCUT2D eigenvalue weighted by Crippen LogP contribution is -2.36. The van der Waals surface area contributed by atoms with Crippen molar-refractivity contribution in [2.45, 2.75) is 18.7 Å². The Labute approximate surface area is 157 Å². The first-order chi connectivity index (χ1) is 12.2. The Bertz CT molecular complexity index is 904. The van der Waals surface area contributed by atoms with Crippen LogP contribution >= 0.6 is 11.6 Å². The maximum absolute atomic E-state index is 12.2. The molecule has 0 aliphatic rings. The molecule has 26 heavy (non-hydrogen) atoms. The van der Waals surface area contributed by atoms with Gasteiger partial charge in [-0.2, -0.15) is 0 Å². The summed E-state index contributed by atoms with van der Waals surface area (Å²) < 4.78 is 24.3. The smallest absolute Gasteiger partial charge is 0.243 e. The number of hydrogen-bond acceptors (Lipinski definition) is 4. The van der Waals surface area contributed by atoms with E-state index in [1.54, 1.807) is 0 Å². The summed E-state index contributed by atoms with van der Waals surface area (Å²) in [6.45, 7) is 3.41. The fraction of sp³-hybridized carbons (Fsp3) is 0.222.